The molecule has 0 aliphatic heterocycles. The Morgan fingerprint density at radius 2 is 0.887 bits per heavy atom. The van der Waals surface area contributed by atoms with Crippen LogP contribution in [-0.4, -0.2) is 4.98 Å². The number of benzene rings is 8. The zero-order valence-corrected chi connectivity index (χ0v) is 28.7. The van der Waals surface area contributed by atoms with E-state index in [1.807, 2.05) is 36.4 Å². The third kappa shape index (κ3) is 5.63. The maximum absolute atomic E-state index is 6.42. The third-order valence-electron chi connectivity index (χ3n) is 9.92. The summed E-state index contributed by atoms with van der Waals surface area (Å²) in [5.41, 5.74) is 14.2. The number of furan rings is 1. The molecule has 0 radical (unpaired) electrons. The Morgan fingerprint density at radius 3 is 1.57 bits per heavy atom. The third-order valence-corrected chi connectivity index (χ3v) is 9.92. The number of oxazole rings is 1. The van der Waals surface area contributed by atoms with Gasteiger partial charge in [0.25, 0.3) is 0 Å². The van der Waals surface area contributed by atoms with E-state index < -0.39 is 0 Å². The Hall–Kier alpha value is -7.17. The van der Waals surface area contributed by atoms with Crippen LogP contribution in [0.2, 0.25) is 0 Å². The number of hydrogen-bond donors (Lipinski definition) is 0. The molecule has 250 valence electrons. The Labute approximate surface area is 306 Å². The van der Waals surface area contributed by atoms with E-state index in [0.717, 1.165) is 66.8 Å². The first-order valence-electron chi connectivity index (χ1n) is 17.8. The first-order valence-corrected chi connectivity index (χ1v) is 17.8. The summed E-state index contributed by atoms with van der Waals surface area (Å²) in [6.07, 6.45) is 0. The molecular weight excluding hydrogens is 649 g/mol. The zero-order chi connectivity index (χ0) is 35.1. The van der Waals surface area contributed by atoms with E-state index in [9.17, 15) is 0 Å². The standard InChI is InChI=1S/C49H32N2O2/c1-4-12-33(13-5-1)34-20-25-39(26-21-34)51(45-19-11-10-18-41(45)36-14-6-2-7-15-36)40-27-22-35(23-28-40)38-24-29-42-43-31-44-48(32-47(43)52-46(42)30-38)53-49(50-44)37-16-8-3-9-17-37/h1-32H. The van der Waals surface area contributed by atoms with Crippen LogP contribution in [0.15, 0.2) is 203 Å². The molecule has 10 aromatic rings. The van der Waals surface area contributed by atoms with Crippen LogP contribution >= 0.6 is 0 Å². The molecule has 4 nitrogen and oxygen atoms in total. The molecule has 2 heterocycles. The first kappa shape index (κ1) is 30.6. The molecule has 4 heteroatoms. The fourth-order valence-corrected chi connectivity index (χ4v) is 7.28. The van der Waals surface area contributed by atoms with E-state index in [-0.39, 0.29) is 0 Å². The number of rotatable bonds is 7. The van der Waals surface area contributed by atoms with Crippen LogP contribution < -0.4 is 4.90 Å². The zero-order valence-electron chi connectivity index (χ0n) is 28.7. The number of hydrogen-bond acceptors (Lipinski definition) is 4. The Balaban J connectivity index is 1.02. The van der Waals surface area contributed by atoms with Crippen molar-refractivity contribution < 1.29 is 8.83 Å². The normalized spacial score (nSPS) is 11.4. The summed E-state index contributed by atoms with van der Waals surface area (Å²) in [6, 6.07) is 67.7. The number of para-hydroxylation sites is 1. The second-order valence-electron chi connectivity index (χ2n) is 13.2. The highest BCUT2D eigenvalue weighted by Crippen LogP contribution is 2.42. The predicted molar refractivity (Wildman–Crippen MR) is 218 cm³/mol. The van der Waals surface area contributed by atoms with Gasteiger partial charge in [0.15, 0.2) is 5.58 Å². The summed E-state index contributed by atoms with van der Waals surface area (Å²) in [4.78, 5) is 7.12. The molecule has 0 atom stereocenters. The molecule has 8 aromatic carbocycles. The average molecular weight is 681 g/mol. The van der Waals surface area contributed by atoms with Gasteiger partial charge in [-0.05, 0) is 88.5 Å². The van der Waals surface area contributed by atoms with Crippen molar-refractivity contribution in [3.63, 3.8) is 0 Å². The monoisotopic (exact) mass is 680 g/mol. The maximum Gasteiger partial charge on any atom is 0.227 e. The minimum absolute atomic E-state index is 0.606. The molecule has 0 aliphatic carbocycles. The van der Waals surface area contributed by atoms with Crippen LogP contribution in [0, 0.1) is 0 Å². The van der Waals surface area contributed by atoms with Crippen molar-refractivity contribution in [2.75, 3.05) is 4.90 Å². The summed E-state index contributed by atoms with van der Waals surface area (Å²) >= 11 is 0. The minimum atomic E-state index is 0.606. The predicted octanol–water partition coefficient (Wildman–Crippen LogP) is 13.9. The summed E-state index contributed by atoms with van der Waals surface area (Å²) < 4.78 is 12.5. The smallest absolute Gasteiger partial charge is 0.227 e. The summed E-state index contributed by atoms with van der Waals surface area (Å²) in [7, 11) is 0. The van der Waals surface area contributed by atoms with Gasteiger partial charge in [-0.1, -0.05) is 127 Å². The van der Waals surface area contributed by atoms with Crippen LogP contribution in [0.1, 0.15) is 0 Å². The van der Waals surface area contributed by atoms with Gasteiger partial charge in [0.05, 0.1) is 5.69 Å². The summed E-state index contributed by atoms with van der Waals surface area (Å²) in [5, 5.41) is 2.07. The summed E-state index contributed by atoms with van der Waals surface area (Å²) in [6.45, 7) is 0. The van der Waals surface area contributed by atoms with Crippen LogP contribution in [0.3, 0.4) is 0 Å². The van der Waals surface area contributed by atoms with Gasteiger partial charge in [0.2, 0.25) is 5.89 Å². The number of fused-ring (bicyclic) bond motifs is 4. The lowest BCUT2D eigenvalue weighted by Crippen LogP contribution is -2.11. The van der Waals surface area contributed by atoms with E-state index >= 15 is 0 Å². The van der Waals surface area contributed by atoms with Crippen molar-refractivity contribution in [2.24, 2.45) is 0 Å². The van der Waals surface area contributed by atoms with Crippen LogP contribution in [0.5, 0.6) is 0 Å². The van der Waals surface area contributed by atoms with Gasteiger partial charge in [0, 0.05) is 39.3 Å². The molecule has 0 bridgehead atoms. The number of nitrogens with zero attached hydrogens (tertiary/aromatic N) is 2. The highest BCUT2D eigenvalue weighted by atomic mass is 16.4. The Morgan fingerprint density at radius 1 is 0.358 bits per heavy atom. The fraction of sp³-hybridized carbons (Fsp3) is 0. The van der Waals surface area contributed by atoms with Gasteiger partial charge in [-0.25, -0.2) is 4.98 Å². The molecular formula is C49H32N2O2. The van der Waals surface area contributed by atoms with Crippen LogP contribution in [0.4, 0.5) is 17.1 Å². The van der Waals surface area contributed by atoms with Crippen molar-refractivity contribution in [1.82, 2.24) is 4.98 Å². The van der Waals surface area contributed by atoms with Gasteiger partial charge in [-0.3, -0.25) is 0 Å². The van der Waals surface area contributed by atoms with E-state index in [2.05, 4.69) is 163 Å². The van der Waals surface area contributed by atoms with Crippen LogP contribution in [-0.2, 0) is 0 Å². The van der Waals surface area contributed by atoms with E-state index in [1.54, 1.807) is 0 Å². The van der Waals surface area contributed by atoms with Gasteiger partial charge >= 0.3 is 0 Å². The molecule has 53 heavy (non-hydrogen) atoms. The van der Waals surface area contributed by atoms with Crippen molar-refractivity contribution >= 4 is 50.1 Å². The SMILES string of the molecule is c1ccc(-c2ccc(N(c3ccc(-c4ccc5c(c4)oc4cc6oc(-c7ccccc7)nc6cc45)cc3)c3ccccc3-c3ccccc3)cc2)cc1. The minimum Gasteiger partial charge on any atom is -0.456 e. The first-order chi connectivity index (χ1) is 26.2. The molecule has 0 unspecified atom stereocenters. The highest BCUT2D eigenvalue weighted by molar-refractivity contribution is 6.09. The van der Waals surface area contributed by atoms with Crippen LogP contribution in [0.25, 0.3) is 77.9 Å². The second-order valence-corrected chi connectivity index (χ2v) is 13.2. The molecule has 0 fully saturated rings. The Bertz CT molecular complexity index is 2860. The van der Waals surface area contributed by atoms with Gasteiger partial charge < -0.3 is 13.7 Å². The lowest BCUT2D eigenvalue weighted by Gasteiger charge is -2.28. The maximum atomic E-state index is 6.42. The van der Waals surface area contributed by atoms with Crippen molar-refractivity contribution in [3.05, 3.63) is 194 Å². The van der Waals surface area contributed by atoms with E-state index in [1.165, 1.54) is 16.7 Å². The van der Waals surface area contributed by atoms with Crippen molar-refractivity contribution in [1.29, 1.82) is 0 Å². The molecule has 0 saturated heterocycles. The quantitative estimate of drug-likeness (QED) is 0.168. The number of anilines is 3. The Kier molecular flexibility index (Phi) is 7.43. The number of aromatic nitrogens is 1. The van der Waals surface area contributed by atoms with Gasteiger partial charge in [0.1, 0.15) is 16.7 Å². The fourth-order valence-electron chi connectivity index (χ4n) is 7.28. The second kappa shape index (κ2) is 12.9. The largest absolute Gasteiger partial charge is 0.456 e. The van der Waals surface area contributed by atoms with Gasteiger partial charge in [-0.2, -0.15) is 0 Å². The topological polar surface area (TPSA) is 42.4 Å². The molecule has 0 spiro atoms. The molecule has 0 saturated carbocycles. The average Bonchev–Trinajstić information content (AvgIpc) is 3.82. The van der Waals surface area contributed by atoms with Gasteiger partial charge in [-0.15, -0.1) is 0 Å². The van der Waals surface area contributed by atoms with E-state index in [4.69, 9.17) is 13.8 Å². The molecule has 0 aliphatic rings. The van der Waals surface area contributed by atoms with E-state index in [0.29, 0.717) is 11.5 Å². The highest BCUT2D eigenvalue weighted by Gasteiger charge is 2.18. The molecule has 0 N–H and O–H groups in total. The lowest BCUT2D eigenvalue weighted by atomic mass is 10.00. The lowest BCUT2D eigenvalue weighted by molar-refractivity contribution is 0.617. The van der Waals surface area contributed by atoms with Crippen molar-refractivity contribution in [3.8, 4) is 44.8 Å². The molecule has 10 rings (SSSR count). The summed E-state index contributed by atoms with van der Waals surface area (Å²) in [5.74, 6) is 0.606. The van der Waals surface area contributed by atoms with Crippen molar-refractivity contribution in [2.45, 2.75) is 0 Å². The molecule has 0 amide bonds. The molecule has 2 aromatic heterocycles.